The number of aliphatic imine (C=N–C) groups is 2. The zero-order valence-corrected chi connectivity index (χ0v) is 34.9. The van der Waals surface area contributed by atoms with Crippen LogP contribution in [0.25, 0.3) is 0 Å². The number of nitrogens with one attached hydrogen (secondary N) is 3. The SMILES string of the molecule is N=C1N=C2C(=NC[NH+]2c2ccccc2[C@@H]2/C=C\OC3(CCCCC3)[C@@H]3O[C@H](Oc4c2cc2c(c4OC[C@H](O)CC=O)C(=O)c4cc(CO)ccc4C2=O)[C@](O)(CCO)[C@H](O)[C@H]3O)C(=O)N1. The number of guanidine groups is 1. The quantitative estimate of drug-likeness (QED) is 0.0948. The van der Waals surface area contributed by atoms with Crippen LogP contribution in [0.5, 0.6) is 11.5 Å². The Bertz CT molecular complexity index is 2570. The van der Waals surface area contributed by atoms with Gasteiger partial charge in [0.15, 0.2) is 35.3 Å². The first-order valence-electron chi connectivity index (χ1n) is 21.5. The summed E-state index contributed by atoms with van der Waals surface area (Å²) >= 11 is 0. The number of ketones is 2. The number of para-hydroxylation sites is 1. The van der Waals surface area contributed by atoms with Gasteiger partial charge in [0, 0.05) is 53.2 Å². The summed E-state index contributed by atoms with van der Waals surface area (Å²) in [6.45, 7) is -1.76. The van der Waals surface area contributed by atoms with E-state index in [4.69, 9.17) is 24.4 Å². The molecule has 8 atom stereocenters. The van der Waals surface area contributed by atoms with Crippen LogP contribution < -0.4 is 19.7 Å². The number of quaternary nitrogens is 1. The maximum Gasteiger partial charge on any atom is 0.284 e. The van der Waals surface area contributed by atoms with E-state index >= 15 is 0 Å². The summed E-state index contributed by atoms with van der Waals surface area (Å²) in [5, 5.41) is 77.8. The third-order valence-corrected chi connectivity index (χ3v) is 13.2. The zero-order valence-electron chi connectivity index (χ0n) is 34.9. The fourth-order valence-electron chi connectivity index (χ4n) is 9.88. The van der Waals surface area contributed by atoms with Gasteiger partial charge in [0.1, 0.15) is 42.5 Å². The Morgan fingerprint density at radius 2 is 1.78 bits per heavy atom. The third kappa shape index (κ3) is 7.47. The lowest BCUT2D eigenvalue weighted by Gasteiger charge is -2.53. The molecule has 1 spiro atoms. The minimum absolute atomic E-state index is 0.000382. The van der Waals surface area contributed by atoms with Gasteiger partial charge in [-0.15, -0.1) is 0 Å². The number of aliphatic hydroxyl groups is 6. The fourth-order valence-corrected chi connectivity index (χ4v) is 9.88. The largest absolute Gasteiger partial charge is 0.492 e. The van der Waals surface area contributed by atoms with Crippen LogP contribution in [0.4, 0.5) is 5.69 Å². The summed E-state index contributed by atoms with van der Waals surface area (Å²) in [7, 11) is 0. The van der Waals surface area contributed by atoms with Crippen molar-refractivity contribution in [2.45, 2.75) is 99.4 Å². The Labute approximate surface area is 371 Å². The van der Waals surface area contributed by atoms with Crippen molar-refractivity contribution in [3.63, 3.8) is 0 Å². The van der Waals surface area contributed by atoms with Gasteiger partial charge in [-0.2, -0.15) is 4.99 Å². The van der Waals surface area contributed by atoms with Crippen LogP contribution >= 0.6 is 0 Å². The standard InChI is InChI=1S/C46H47N5O14/c47-44-49-41-33(42(60)50-44)48-22-51(41)31-7-3-2-6-26(31)25-11-17-63-45(12-4-1-5-13-45)40-36(58)39(59)46(61,14-16-53)43(65-40)64-37-29(25)19-30-32(38(37)62-21-24(55)10-15-52)35(57)28-18-23(20-54)8-9-27(28)34(30)56/h2-3,6-9,11,15,17-19,24-25,36,39-40,43,53-55,58-59,61H,1,4-5,10,12-14,16,20-22H2,(H2,47,50,60)/p+1/b17-11-/t24-,25+,36-,39-,40-,43+,46+/m1/s1. The number of amides is 1. The van der Waals surface area contributed by atoms with Crippen molar-refractivity contribution in [3.8, 4) is 11.5 Å². The van der Waals surface area contributed by atoms with Gasteiger partial charge in [0.05, 0.1) is 24.5 Å². The molecule has 9 rings (SSSR count). The average molecular weight is 895 g/mol. The Balaban J connectivity index is 1.34. The van der Waals surface area contributed by atoms with Crippen molar-refractivity contribution in [2.24, 2.45) is 9.98 Å². The molecule has 340 valence electrons. The van der Waals surface area contributed by atoms with Gasteiger partial charge in [0.2, 0.25) is 18.0 Å². The molecule has 2 bridgehead atoms. The van der Waals surface area contributed by atoms with Gasteiger partial charge >= 0.3 is 0 Å². The molecule has 2 aliphatic carbocycles. The van der Waals surface area contributed by atoms with Gasteiger partial charge in [-0.05, 0) is 61.6 Å². The summed E-state index contributed by atoms with van der Waals surface area (Å²) in [5.41, 5.74) is -2.86. The van der Waals surface area contributed by atoms with Crippen LogP contribution in [0.1, 0.15) is 99.4 Å². The minimum Gasteiger partial charge on any atom is -0.492 e. The zero-order chi connectivity index (χ0) is 45.8. The van der Waals surface area contributed by atoms with Crippen molar-refractivity contribution in [1.29, 1.82) is 5.41 Å². The predicted molar refractivity (Wildman–Crippen MR) is 226 cm³/mol. The molecule has 65 heavy (non-hydrogen) atoms. The van der Waals surface area contributed by atoms with Gasteiger partial charge in [-0.25, -0.2) is 9.89 Å². The molecule has 19 nitrogen and oxygen atoms in total. The normalized spacial score (nSPS) is 28.7. The van der Waals surface area contributed by atoms with Crippen LogP contribution in [0.3, 0.4) is 0 Å². The first-order valence-corrected chi connectivity index (χ1v) is 21.5. The van der Waals surface area contributed by atoms with Gasteiger partial charge in [-0.3, -0.25) is 25.1 Å². The summed E-state index contributed by atoms with van der Waals surface area (Å²) in [5.74, 6) is -3.92. The lowest BCUT2D eigenvalue weighted by Crippen LogP contribution is -3.09. The van der Waals surface area contributed by atoms with E-state index in [-0.39, 0.29) is 64.2 Å². The highest BCUT2D eigenvalue weighted by atomic mass is 16.7. The second-order valence-electron chi connectivity index (χ2n) is 17.1. The molecule has 4 heterocycles. The van der Waals surface area contributed by atoms with E-state index in [2.05, 4.69) is 15.3 Å². The highest BCUT2D eigenvalue weighted by molar-refractivity contribution is 6.68. The van der Waals surface area contributed by atoms with Crippen molar-refractivity contribution >= 4 is 47.0 Å². The summed E-state index contributed by atoms with van der Waals surface area (Å²) in [4.78, 5) is 63.4. The molecule has 3 aromatic carbocycles. The van der Waals surface area contributed by atoms with Crippen LogP contribution in [0.2, 0.25) is 0 Å². The lowest BCUT2D eigenvalue weighted by molar-refractivity contribution is -0.723. The summed E-state index contributed by atoms with van der Waals surface area (Å²) < 4.78 is 26.4. The van der Waals surface area contributed by atoms with Crippen molar-refractivity contribution < 1.29 is 73.7 Å². The van der Waals surface area contributed by atoms with E-state index in [1.54, 1.807) is 30.3 Å². The molecular formula is C46H48N5O14+. The minimum atomic E-state index is -2.53. The molecule has 2 fully saturated rings. The Morgan fingerprint density at radius 3 is 2.54 bits per heavy atom. The molecule has 19 heteroatoms. The molecule has 0 aromatic heterocycles. The highest BCUT2D eigenvalue weighted by Crippen LogP contribution is 2.51. The van der Waals surface area contributed by atoms with Crippen LogP contribution in [-0.4, -0.2) is 134 Å². The Morgan fingerprint density at radius 1 is 1.00 bits per heavy atom. The number of hydrogen-bond donors (Lipinski definition) is 9. The van der Waals surface area contributed by atoms with E-state index in [0.717, 1.165) is 6.42 Å². The number of hydrogen-bond acceptors (Lipinski definition) is 16. The number of rotatable bonds is 10. The number of ether oxygens (including phenoxy) is 4. The number of allylic oxidation sites excluding steroid dienone is 1. The second kappa shape index (κ2) is 17.4. The number of aldehydes is 1. The number of benzene rings is 3. The van der Waals surface area contributed by atoms with Gasteiger partial charge < -0.3 is 54.4 Å². The van der Waals surface area contributed by atoms with Gasteiger partial charge in [0.25, 0.3) is 11.7 Å². The molecule has 1 saturated carbocycles. The lowest BCUT2D eigenvalue weighted by atomic mass is 9.73. The summed E-state index contributed by atoms with van der Waals surface area (Å²) in [6.07, 6.45) is -2.97. The van der Waals surface area contributed by atoms with Crippen molar-refractivity contribution in [3.05, 3.63) is 99.8 Å². The van der Waals surface area contributed by atoms with E-state index in [9.17, 15) is 49.8 Å². The molecule has 1 saturated heterocycles. The number of carbonyl (C=O) groups is 4. The molecule has 9 N–H and O–H groups in total. The monoisotopic (exact) mass is 894 g/mol. The van der Waals surface area contributed by atoms with Crippen LogP contribution in [0, 0.1) is 5.41 Å². The molecule has 0 radical (unpaired) electrons. The first kappa shape index (κ1) is 44.2. The third-order valence-electron chi connectivity index (χ3n) is 13.2. The second-order valence-corrected chi connectivity index (χ2v) is 17.1. The molecular weight excluding hydrogens is 847 g/mol. The topological polar surface area (TPSA) is 292 Å². The Kier molecular flexibility index (Phi) is 11.8. The van der Waals surface area contributed by atoms with E-state index in [0.29, 0.717) is 53.7 Å². The molecule has 3 aromatic rings. The molecule has 1 amide bonds. The van der Waals surface area contributed by atoms with Crippen molar-refractivity contribution in [2.75, 3.05) is 19.9 Å². The average Bonchev–Trinajstić information content (AvgIpc) is 3.72. The Hall–Kier alpha value is -6.03. The molecule has 1 unspecified atom stereocenters. The number of amidine groups is 1. The first-order chi connectivity index (χ1) is 31.3. The van der Waals surface area contributed by atoms with E-state index in [1.165, 1.54) is 30.5 Å². The predicted octanol–water partition coefficient (Wildman–Crippen LogP) is -0.00773. The van der Waals surface area contributed by atoms with Gasteiger partial charge in [-0.1, -0.05) is 30.7 Å². The van der Waals surface area contributed by atoms with Crippen LogP contribution in [0.15, 0.2) is 70.9 Å². The van der Waals surface area contributed by atoms with E-state index in [1.807, 2.05) is 0 Å². The number of fused-ring (bicyclic) bond motifs is 7. The molecule has 4 aliphatic heterocycles. The maximum absolute atomic E-state index is 14.9. The number of aliphatic hydroxyl groups excluding tert-OH is 5. The smallest absolute Gasteiger partial charge is 0.284 e. The fraction of sp³-hybridized carbons (Fsp3) is 0.413. The molecule has 6 aliphatic rings. The number of nitrogens with zero attached hydrogens (tertiary/aromatic N) is 2. The van der Waals surface area contributed by atoms with E-state index < -0.39 is 97.3 Å². The number of carbonyl (C=O) groups excluding carboxylic acids is 4. The van der Waals surface area contributed by atoms with Crippen molar-refractivity contribution in [1.82, 2.24) is 5.32 Å². The highest BCUT2D eigenvalue weighted by Gasteiger charge is 2.62. The van der Waals surface area contributed by atoms with Crippen LogP contribution in [-0.2, 0) is 25.7 Å². The summed E-state index contributed by atoms with van der Waals surface area (Å²) in [6, 6.07) is 12.8. The maximum atomic E-state index is 14.9.